The van der Waals surface area contributed by atoms with Crippen molar-refractivity contribution in [3.63, 3.8) is 0 Å². The molecule has 1 aromatic rings. The quantitative estimate of drug-likeness (QED) is 0.638. The van der Waals surface area contributed by atoms with Gasteiger partial charge in [-0.05, 0) is 36.3 Å². The Hall–Kier alpha value is -1.55. The van der Waals surface area contributed by atoms with Crippen LogP contribution < -0.4 is 11.1 Å². The number of rotatable bonds is 8. The molecule has 112 valence electrons. The van der Waals surface area contributed by atoms with Crippen LogP contribution in [0.3, 0.4) is 0 Å². The Morgan fingerprint density at radius 2 is 2.05 bits per heavy atom. The number of nitrogens with two attached hydrogens (primary N) is 1. The number of anilines is 1. The minimum absolute atomic E-state index is 0.0180. The molecule has 4 nitrogen and oxygen atoms in total. The van der Waals surface area contributed by atoms with Crippen molar-refractivity contribution in [3.8, 4) is 0 Å². The van der Waals surface area contributed by atoms with Crippen LogP contribution in [-0.4, -0.2) is 24.2 Å². The van der Waals surface area contributed by atoms with Crippen molar-refractivity contribution >= 4 is 11.6 Å². The zero-order chi connectivity index (χ0) is 15.0. The predicted molar refractivity (Wildman–Crippen MR) is 82.3 cm³/mol. The van der Waals surface area contributed by atoms with Crippen molar-refractivity contribution in [1.82, 2.24) is 5.32 Å². The molecule has 0 radical (unpaired) electrons. The van der Waals surface area contributed by atoms with Crippen LogP contribution in [0.2, 0.25) is 0 Å². The maximum atomic E-state index is 11.8. The van der Waals surface area contributed by atoms with Gasteiger partial charge in [0, 0.05) is 25.3 Å². The second-order valence-corrected chi connectivity index (χ2v) is 5.97. The smallest absolute Gasteiger partial charge is 0.220 e. The SMILES string of the molecule is CC(C)(CCCO)CNC(=O)CCc1ccccc1N. The van der Waals surface area contributed by atoms with Gasteiger partial charge in [-0.2, -0.15) is 0 Å². The summed E-state index contributed by atoms with van der Waals surface area (Å²) in [5, 5.41) is 11.8. The molecule has 1 aromatic carbocycles. The number of hydrogen-bond acceptors (Lipinski definition) is 3. The minimum atomic E-state index is 0.0180. The van der Waals surface area contributed by atoms with Gasteiger partial charge in [-0.25, -0.2) is 0 Å². The summed E-state index contributed by atoms with van der Waals surface area (Å²) < 4.78 is 0. The second kappa shape index (κ2) is 7.90. The van der Waals surface area contributed by atoms with E-state index in [1.807, 2.05) is 24.3 Å². The largest absolute Gasteiger partial charge is 0.399 e. The molecule has 0 aliphatic heterocycles. The fourth-order valence-electron chi connectivity index (χ4n) is 2.08. The first-order valence-corrected chi connectivity index (χ1v) is 7.15. The van der Waals surface area contributed by atoms with E-state index in [4.69, 9.17) is 10.8 Å². The molecule has 0 unspecified atom stereocenters. The standard InChI is InChI=1S/C16H26N2O2/c1-16(2,10-5-11-19)12-18-15(20)9-8-13-6-3-4-7-14(13)17/h3-4,6-7,19H,5,8-12,17H2,1-2H3,(H,18,20). The van der Waals surface area contributed by atoms with E-state index in [-0.39, 0.29) is 17.9 Å². The molecule has 0 heterocycles. The van der Waals surface area contributed by atoms with Gasteiger partial charge in [-0.1, -0.05) is 32.0 Å². The van der Waals surface area contributed by atoms with Crippen molar-refractivity contribution in [2.24, 2.45) is 5.41 Å². The Balaban J connectivity index is 2.32. The van der Waals surface area contributed by atoms with Crippen LogP contribution in [0.4, 0.5) is 5.69 Å². The molecule has 1 rings (SSSR count). The van der Waals surface area contributed by atoms with Crippen LogP contribution in [0, 0.1) is 5.41 Å². The van der Waals surface area contributed by atoms with E-state index in [1.54, 1.807) is 0 Å². The number of nitrogens with one attached hydrogen (secondary N) is 1. The third-order valence-electron chi connectivity index (χ3n) is 3.45. The van der Waals surface area contributed by atoms with Gasteiger partial charge in [-0.15, -0.1) is 0 Å². The van der Waals surface area contributed by atoms with E-state index < -0.39 is 0 Å². The summed E-state index contributed by atoms with van der Waals surface area (Å²) in [6, 6.07) is 7.63. The fraction of sp³-hybridized carbons (Fsp3) is 0.562. The number of amides is 1. The van der Waals surface area contributed by atoms with Crippen LogP contribution in [-0.2, 0) is 11.2 Å². The minimum Gasteiger partial charge on any atom is -0.399 e. The molecule has 0 saturated heterocycles. The highest BCUT2D eigenvalue weighted by atomic mass is 16.2. The Labute approximate surface area is 121 Å². The van der Waals surface area contributed by atoms with Gasteiger partial charge >= 0.3 is 0 Å². The average molecular weight is 278 g/mol. The summed E-state index contributed by atoms with van der Waals surface area (Å²) in [4.78, 5) is 11.8. The Bertz CT molecular complexity index is 430. The first kappa shape index (κ1) is 16.5. The third-order valence-corrected chi connectivity index (χ3v) is 3.45. The Kier molecular flexibility index (Phi) is 6.52. The lowest BCUT2D eigenvalue weighted by Gasteiger charge is -2.24. The number of aliphatic hydroxyl groups is 1. The lowest BCUT2D eigenvalue weighted by Crippen LogP contribution is -2.34. The van der Waals surface area contributed by atoms with Crippen molar-refractivity contribution in [2.45, 2.75) is 39.5 Å². The van der Waals surface area contributed by atoms with Crippen molar-refractivity contribution in [1.29, 1.82) is 0 Å². The molecule has 4 heteroatoms. The lowest BCUT2D eigenvalue weighted by atomic mass is 9.88. The first-order chi connectivity index (χ1) is 9.44. The predicted octanol–water partition coefficient (Wildman–Crippen LogP) is 2.12. The summed E-state index contributed by atoms with van der Waals surface area (Å²) in [5.41, 5.74) is 7.62. The van der Waals surface area contributed by atoms with Crippen molar-refractivity contribution < 1.29 is 9.90 Å². The van der Waals surface area contributed by atoms with Gasteiger partial charge in [-0.3, -0.25) is 4.79 Å². The number of carbonyl (C=O) groups excluding carboxylic acids is 1. The number of hydrogen-bond donors (Lipinski definition) is 3. The van der Waals surface area contributed by atoms with Crippen molar-refractivity contribution in [2.75, 3.05) is 18.9 Å². The number of nitrogen functional groups attached to an aromatic ring is 1. The number of carbonyl (C=O) groups is 1. The topological polar surface area (TPSA) is 75.3 Å². The van der Waals surface area contributed by atoms with Crippen LogP contribution in [0.1, 0.15) is 38.7 Å². The van der Waals surface area contributed by atoms with Crippen LogP contribution in [0.15, 0.2) is 24.3 Å². The van der Waals surface area contributed by atoms with Crippen LogP contribution in [0.25, 0.3) is 0 Å². The molecule has 0 spiro atoms. The van der Waals surface area contributed by atoms with Crippen LogP contribution in [0.5, 0.6) is 0 Å². The third kappa shape index (κ3) is 6.06. The van der Waals surface area contributed by atoms with Gasteiger partial charge in [0.15, 0.2) is 0 Å². The maximum Gasteiger partial charge on any atom is 0.220 e. The second-order valence-electron chi connectivity index (χ2n) is 5.97. The van der Waals surface area contributed by atoms with Gasteiger partial charge in [0.2, 0.25) is 5.91 Å². The van der Waals surface area contributed by atoms with E-state index in [2.05, 4.69) is 19.2 Å². The highest BCUT2D eigenvalue weighted by molar-refractivity contribution is 5.76. The normalized spacial score (nSPS) is 11.3. The van der Waals surface area contributed by atoms with Crippen molar-refractivity contribution in [3.05, 3.63) is 29.8 Å². The summed E-state index contributed by atoms with van der Waals surface area (Å²) in [6.07, 6.45) is 2.78. The lowest BCUT2D eigenvalue weighted by molar-refractivity contribution is -0.121. The molecule has 0 aliphatic rings. The average Bonchev–Trinajstić information content (AvgIpc) is 2.42. The monoisotopic (exact) mass is 278 g/mol. The maximum absolute atomic E-state index is 11.8. The fourth-order valence-corrected chi connectivity index (χ4v) is 2.08. The molecule has 0 atom stereocenters. The first-order valence-electron chi connectivity index (χ1n) is 7.15. The molecular weight excluding hydrogens is 252 g/mol. The molecule has 4 N–H and O–H groups in total. The van der Waals surface area contributed by atoms with Gasteiger partial charge in [0.1, 0.15) is 0 Å². The molecule has 0 aliphatic carbocycles. The Morgan fingerprint density at radius 3 is 2.70 bits per heavy atom. The van der Waals surface area contributed by atoms with Crippen LogP contribution >= 0.6 is 0 Å². The molecule has 0 fully saturated rings. The summed E-state index contributed by atoms with van der Waals surface area (Å²) in [6.45, 7) is 5.02. The van der Waals surface area contributed by atoms with E-state index in [9.17, 15) is 4.79 Å². The number of para-hydroxylation sites is 1. The highest BCUT2D eigenvalue weighted by Crippen LogP contribution is 2.20. The summed E-state index contributed by atoms with van der Waals surface area (Å²) in [5.74, 6) is 0.0466. The molecule has 20 heavy (non-hydrogen) atoms. The zero-order valence-corrected chi connectivity index (χ0v) is 12.5. The molecule has 0 saturated carbocycles. The van der Waals surface area contributed by atoms with Gasteiger partial charge in [0.25, 0.3) is 0 Å². The number of aliphatic hydroxyl groups excluding tert-OH is 1. The molecule has 0 bridgehead atoms. The van der Waals surface area contributed by atoms with E-state index in [0.717, 1.165) is 24.1 Å². The highest BCUT2D eigenvalue weighted by Gasteiger charge is 2.18. The van der Waals surface area contributed by atoms with E-state index >= 15 is 0 Å². The summed E-state index contributed by atoms with van der Waals surface area (Å²) in [7, 11) is 0. The van der Waals surface area contributed by atoms with E-state index in [1.165, 1.54) is 0 Å². The molecule has 0 aromatic heterocycles. The zero-order valence-electron chi connectivity index (χ0n) is 12.5. The van der Waals surface area contributed by atoms with Gasteiger partial charge < -0.3 is 16.2 Å². The number of benzene rings is 1. The number of aryl methyl sites for hydroxylation is 1. The summed E-state index contributed by atoms with van der Waals surface area (Å²) >= 11 is 0. The molecular formula is C16H26N2O2. The Morgan fingerprint density at radius 1 is 1.35 bits per heavy atom. The molecule has 1 amide bonds. The van der Waals surface area contributed by atoms with Gasteiger partial charge in [0.05, 0.1) is 0 Å². The van der Waals surface area contributed by atoms with E-state index in [0.29, 0.717) is 19.4 Å².